The Bertz CT molecular complexity index is 458. The minimum atomic E-state index is -1.20. The van der Waals surface area contributed by atoms with Gasteiger partial charge in [-0.05, 0) is 6.07 Å². The Labute approximate surface area is 103 Å². The number of carbonyl (C=O) groups is 1. The van der Waals surface area contributed by atoms with Crippen LogP contribution >= 0.6 is 0 Å². The van der Waals surface area contributed by atoms with Crippen LogP contribution in [0.2, 0.25) is 0 Å². The maximum Gasteiger partial charge on any atom is 0.337 e. The van der Waals surface area contributed by atoms with E-state index in [0.717, 1.165) is 12.1 Å². The largest absolute Gasteiger partial charge is 0.487 e. The summed E-state index contributed by atoms with van der Waals surface area (Å²) in [7, 11) is 0. The van der Waals surface area contributed by atoms with Gasteiger partial charge in [0.15, 0.2) is 11.6 Å². The van der Waals surface area contributed by atoms with E-state index in [1.54, 1.807) is 0 Å². The molecule has 1 aliphatic rings. The Kier molecular flexibility index (Phi) is 3.66. The maximum absolute atomic E-state index is 13.6. The highest BCUT2D eigenvalue weighted by Gasteiger charge is 2.19. The molecule has 2 rings (SSSR count). The normalized spacial score (nSPS) is 16.5. The summed E-state index contributed by atoms with van der Waals surface area (Å²) in [5.41, 5.74) is 5.16. The predicted molar refractivity (Wildman–Crippen MR) is 62.2 cm³/mol. The molecular formula is C12H14FNO4. The van der Waals surface area contributed by atoms with Crippen LogP contribution in [0, 0.1) is 5.82 Å². The van der Waals surface area contributed by atoms with Gasteiger partial charge >= 0.3 is 5.97 Å². The first kappa shape index (κ1) is 12.6. The van der Waals surface area contributed by atoms with Crippen molar-refractivity contribution < 1.29 is 23.8 Å². The van der Waals surface area contributed by atoms with E-state index >= 15 is 0 Å². The van der Waals surface area contributed by atoms with Crippen LogP contribution in [0.1, 0.15) is 23.2 Å². The van der Waals surface area contributed by atoms with Gasteiger partial charge in [0.2, 0.25) is 0 Å². The fraction of sp³-hybridized carbons (Fsp3) is 0.417. The van der Waals surface area contributed by atoms with Gasteiger partial charge in [0.1, 0.15) is 6.10 Å². The summed E-state index contributed by atoms with van der Waals surface area (Å²) in [5.74, 6) is -1.93. The third-order valence-electron chi connectivity index (χ3n) is 2.80. The van der Waals surface area contributed by atoms with Gasteiger partial charge in [0.25, 0.3) is 0 Å². The summed E-state index contributed by atoms with van der Waals surface area (Å²) in [6.07, 6.45) is 1.16. The lowest BCUT2D eigenvalue weighted by molar-refractivity contribution is 0.0239. The third-order valence-corrected chi connectivity index (χ3v) is 2.80. The van der Waals surface area contributed by atoms with Crippen molar-refractivity contribution in [2.24, 2.45) is 0 Å². The number of anilines is 1. The molecule has 1 saturated heterocycles. The van der Waals surface area contributed by atoms with Crippen molar-refractivity contribution in [1.29, 1.82) is 0 Å². The molecule has 0 amide bonds. The number of hydrogen-bond donors (Lipinski definition) is 2. The topological polar surface area (TPSA) is 81.8 Å². The van der Waals surface area contributed by atoms with E-state index in [1.807, 2.05) is 0 Å². The number of benzene rings is 1. The van der Waals surface area contributed by atoms with E-state index in [9.17, 15) is 9.18 Å². The van der Waals surface area contributed by atoms with Crippen LogP contribution < -0.4 is 10.5 Å². The van der Waals surface area contributed by atoms with E-state index in [-0.39, 0.29) is 23.1 Å². The van der Waals surface area contributed by atoms with Gasteiger partial charge in [-0.3, -0.25) is 0 Å². The standard InChI is InChI=1S/C12H14FNO4/c13-9-6-10(14)8(12(15)16)5-11(9)18-7-1-3-17-4-2-7/h5-7H,1-4,14H2,(H,15,16). The van der Waals surface area contributed by atoms with E-state index in [0.29, 0.717) is 26.1 Å². The molecule has 0 aliphatic carbocycles. The SMILES string of the molecule is Nc1cc(F)c(OC2CCOCC2)cc1C(=O)O. The first-order valence-corrected chi connectivity index (χ1v) is 5.64. The number of carboxylic acids is 1. The van der Waals surface area contributed by atoms with Crippen LogP contribution in [0.15, 0.2) is 12.1 Å². The van der Waals surface area contributed by atoms with Crippen molar-refractivity contribution in [3.05, 3.63) is 23.5 Å². The summed E-state index contributed by atoms with van der Waals surface area (Å²) in [5, 5.41) is 8.91. The number of halogens is 1. The summed E-state index contributed by atoms with van der Waals surface area (Å²) in [6.45, 7) is 1.13. The van der Waals surface area contributed by atoms with Crippen LogP contribution in [0.3, 0.4) is 0 Å². The first-order valence-electron chi connectivity index (χ1n) is 5.64. The number of ether oxygens (including phenoxy) is 2. The average molecular weight is 255 g/mol. The highest BCUT2D eigenvalue weighted by molar-refractivity contribution is 5.94. The molecule has 0 bridgehead atoms. The highest BCUT2D eigenvalue weighted by Crippen LogP contribution is 2.26. The third kappa shape index (κ3) is 2.70. The zero-order valence-corrected chi connectivity index (χ0v) is 9.69. The molecule has 0 atom stereocenters. The lowest BCUT2D eigenvalue weighted by Crippen LogP contribution is -2.26. The molecule has 1 aromatic rings. The number of aromatic carboxylic acids is 1. The van der Waals surface area contributed by atoms with Gasteiger partial charge in [0, 0.05) is 24.6 Å². The van der Waals surface area contributed by atoms with E-state index in [2.05, 4.69) is 0 Å². The fourth-order valence-corrected chi connectivity index (χ4v) is 1.82. The van der Waals surface area contributed by atoms with Gasteiger partial charge in [-0.15, -0.1) is 0 Å². The molecule has 1 fully saturated rings. The number of carboxylic acid groups (broad SMARTS) is 1. The molecule has 1 heterocycles. The van der Waals surface area contributed by atoms with E-state index in [1.165, 1.54) is 0 Å². The van der Waals surface area contributed by atoms with Gasteiger partial charge in [0.05, 0.1) is 18.8 Å². The number of nitrogen functional groups attached to an aromatic ring is 1. The van der Waals surface area contributed by atoms with Crippen molar-refractivity contribution in [2.75, 3.05) is 18.9 Å². The monoisotopic (exact) mass is 255 g/mol. The van der Waals surface area contributed by atoms with Crippen LogP contribution in [-0.4, -0.2) is 30.4 Å². The Morgan fingerprint density at radius 2 is 2.11 bits per heavy atom. The zero-order chi connectivity index (χ0) is 13.1. The number of nitrogens with two attached hydrogens (primary N) is 1. The molecule has 98 valence electrons. The van der Waals surface area contributed by atoms with Crippen molar-refractivity contribution in [3.63, 3.8) is 0 Å². The van der Waals surface area contributed by atoms with Gasteiger partial charge in [-0.2, -0.15) is 0 Å². The van der Waals surface area contributed by atoms with E-state index in [4.69, 9.17) is 20.3 Å². The molecule has 5 nitrogen and oxygen atoms in total. The molecule has 0 radical (unpaired) electrons. The quantitative estimate of drug-likeness (QED) is 0.803. The van der Waals surface area contributed by atoms with Crippen LogP contribution in [0.5, 0.6) is 5.75 Å². The van der Waals surface area contributed by atoms with Crippen molar-refractivity contribution >= 4 is 11.7 Å². The summed E-state index contributed by atoms with van der Waals surface area (Å²) in [4.78, 5) is 10.9. The summed E-state index contributed by atoms with van der Waals surface area (Å²) in [6, 6.07) is 2.10. The minimum Gasteiger partial charge on any atom is -0.487 e. The molecule has 0 unspecified atom stereocenters. The van der Waals surface area contributed by atoms with Gasteiger partial charge < -0.3 is 20.3 Å². The van der Waals surface area contributed by atoms with Crippen molar-refractivity contribution in [3.8, 4) is 5.75 Å². The molecule has 1 aromatic carbocycles. The van der Waals surface area contributed by atoms with Crippen molar-refractivity contribution in [1.82, 2.24) is 0 Å². The second kappa shape index (κ2) is 5.22. The zero-order valence-electron chi connectivity index (χ0n) is 9.69. The second-order valence-corrected chi connectivity index (χ2v) is 4.10. The lowest BCUT2D eigenvalue weighted by atomic mass is 10.1. The lowest BCUT2D eigenvalue weighted by Gasteiger charge is -2.23. The van der Waals surface area contributed by atoms with Gasteiger partial charge in [-0.1, -0.05) is 0 Å². The molecule has 0 spiro atoms. The maximum atomic E-state index is 13.6. The Hall–Kier alpha value is -1.82. The Morgan fingerprint density at radius 3 is 2.72 bits per heavy atom. The van der Waals surface area contributed by atoms with Crippen LogP contribution in [0.25, 0.3) is 0 Å². The van der Waals surface area contributed by atoms with E-state index < -0.39 is 11.8 Å². The van der Waals surface area contributed by atoms with Gasteiger partial charge in [-0.25, -0.2) is 9.18 Å². The summed E-state index contributed by atoms with van der Waals surface area (Å²) >= 11 is 0. The highest BCUT2D eigenvalue weighted by atomic mass is 19.1. The summed E-state index contributed by atoms with van der Waals surface area (Å²) < 4.78 is 24.2. The van der Waals surface area contributed by atoms with Crippen molar-refractivity contribution in [2.45, 2.75) is 18.9 Å². The Balaban J connectivity index is 2.21. The molecular weight excluding hydrogens is 241 g/mol. The average Bonchev–Trinajstić information content (AvgIpc) is 2.33. The number of rotatable bonds is 3. The second-order valence-electron chi connectivity index (χ2n) is 4.10. The van der Waals surface area contributed by atoms with Crippen LogP contribution in [-0.2, 0) is 4.74 Å². The molecule has 6 heteroatoms. The smallest absolute Gasteiger partial charge is 0.337 e. The van der Waals surface area contributed by atoms with Crippen LogP contribution in [0.4, 0.5) is 10.1 Å². The molecule has 18 heavy (non-hydrogen) atoms. The molecule has 1 aliphatic heterocycles. The minimum absolute atomic E-state index is 0.0755. The number of hydrogen-bond acceptors (Lipinski definition) is 4. The fourth-order valence-electron chi connectivity index (χ4n) is 1.82. The first-order chi connectivity index (χ1) is 8.58. The Morgan fingerprint density at radius 1 is 1.44 bits per heavy atom. The predicted octanol–water partition coefficient (Wildman–Crippen LogP) is 1.66. The molecule has 0 aromatic heterocycles. The molecule has 0 saturated carbocycles. The molecule has 3 N–H and O–H groups in total.